The van der Waals surface area contributed by atoms with Crippen molar-refractivity contribution in [3.05, 3.63) is 56.3 Å². The standard InChI is InChI=1S/C27H35NO7S2.2Na/c1-12-16(5)25(29)21(23-13(2)17(6)27(37(33,34)35)20(9)22(12)23)11-28(10)24-14(3)18(7)26(36(30,31)32)19(8)15(24)4;;/h11-12,16H,1-10H3,(H,30,31,32)(H,33,34,35);;/q;2*+1/p-2/b21-11-;;. The molecule has 2 aromatic carbocycles. The number of hydrogen-bond acceptors (Lipinski definition) is 8. The van der Waals surface area contributed by atoms with E-state index >= 15 is 0 Å². The van der Waals surface area contributed by atoms with Crippen molar-refractivity contribution in [3.63, 3.8) is 0 Å². The molecular formula is C27H33NNa2O7S2. The molecule has 2 unspecified atom stereocenters. The van der Waals surface area contributed by atoms with Gasteiger partial charge in [-0.05, 0) is 104 Å². The molecule has 0 saturated heterocycles. The van der Waals surface area contributed by atoms with Crippen LogP contribution in [0.15, 0.2) is 16.0 Å². The number of benzene rings is 2. The SMILES string of the molecule is Cc1c(C)c(S(=O)(=O)[O-])c(C)c2c1/C(=C/N(C)c1c(C)c(C)c(S(=O)(=O)[O-])c(C)c1C)C(=O)C(C)C2C.[Na+].[Na+]. The van der Waals surface area contributed by atoms with E-state index in [0.717, 1.165) is 0 Å². The Bertz CT molecular complexity index is 1580. The summed E-state index contributed by atoms with van der Waals surface area (Å²) in [6, 6.07) is 0. The van der Waals surface area contributed by atoms with Crippen molar-refractivity contribution < 1.29 is 89.9 Å². The Morgan fingerprint density at radius 1 is 0.667 bits per heavy atom. The van der Waals surface area contributed by atoms with E-state index in [1.54, 1.807) is 73.5 Å². The topological polar surface area (TPSA) is 135 Å². The van der Waals surface area contributed by atoms with Crippen LogP contribution >= 0.6 is 0 Å². The summed E-state index contributed by atoms with van der Waals surface area (Å²) in [6.07, 6.45) is 1.68. The molecule has 0 heterocycles. The van der Waals surface area contributed by atoms with E-state index in [1.807, 2.05) is 6.92 Å². The number of carbonyl (C=O) groups is 1. The Hall–Kier alpha value is -0.530. The van der Waals surface area contributed by atoms with Gasteiger partial charge in [-0.1, -0.05) is 13.8 Å². The monoisotopic (exact) mass is 593 g/mol. The minimum Gasteiger partial charge on any atom is -0.744 e. The van der Waals surface area contributed by atoms with Crippen LogP contribution in [0.5, 0.6) is 0 Å². The predicted octanol–water partition coefficient (Wildman–Crippen LogP) is -1.54. The second-order valence-corrected chi connectivity index (χ2v) is 12.8. The summed E-state index contributed by atoms with van der Waals surface area (Å²) in [4.78, 5) is 14.9. The zero-order valence-electron chi connectivity index (χ0n) is 24.9. The van der Waals surface area contributed by atoms with E-state index in [1.165, 1.54) is 0 Å². The third kappa shape index (κ3) is 6.16. The summed E-state index contributed by atoms with van der Waals surface area (Å²) >= 11 is 0. The fraction of sp³-hybridized carbons (Fsp3) is 0.444. The number of fused-ring (bicyclic) bond motifs is 1. The first-order valence-electron chi connectivity index (χ1n) is 11.9. The van der Waals surface area contributed by atoms with Crippen LogP contribution in [0.1, 0.15) is 69.8 Å². The molecule has 3 rings (SSSR count). The van der Waals surface area contributed by atoms with Gasteiger partial charge in [-0.25, -0.2) is 16.8 Å². The summed E-state index contributed by atoms with van der Waals surface area (Å²) in [6.45, 7) is 15.2. The van der Waals surface area contributed by atoms with Crippen molar-refractivity contribution in [2.24, 2.45) is 5.92 Å². The van der Waals surface area contributed by atoms with Crippen LogP contribution in [-0.4, -0.2) is 38.8 Å². The summed E-state index contributed by atoms with van der Waals surface area (Å²) in [5, 5.41) is 0. The molecule has 12 heteroatoms. The van der Waals surface area contributed by atoms with Gasteiger partial charge in [-0.3, -0.25) is 4.79 Å². The maximum Gasteiger partial charge on any atom is 1.00 e. The first kappa shape index (κ1) is 36.5. The van der Waals surface area contributed by atoms with Gasteiger partial charge in [0.1, 0.15) is 20.2 Å². The number of allylic oxidation sites excluding steroid dienone is 1. The van der Waals surface area contributed by atoms with Crippen molar-refractivity contribution in [1.29, 1.82) is 0 Å². The van der Waals surface area contributed by atoms with Crippen molar-refractivity contribution in [1.82, 2.24) is 0 Å². The van der Waals surface area contributed by atoms with E-state index < -0.39 is 26.2 Å². The van der Waals surface area contributed by atoms with E-state index in [9.17, 15) is 30.7 Å². The van der Waals surface area contributed by atoms with Crippen LogP contribution in [0.3, 0.4) is 0 Å². The number of nitrogens with zero attached hydrogens (tertiary/aromatic N) is 1. The van der Waals surface area contributed by atoms with Gasteiger partial charge in [0.05, 0.1) is 9.79 Å². The third-order valence-corrected chi connectivity index (χ3v) is 10.4. The summed E-state index contributed by atoms with van der Waals surface area (Å²) in [7, 11) is -7.68. The number of ketones is 1. The average molecular weight is 594 g/mol. The number of Topliss-reactive ketones (excluding diaryl/α,β-unsaturated/α-hetero) is 1. The number of rotatable bonds is 4. The Balaban J connectivity index is 0.00000380. The molecule has 0 bridgehead atoms. The molecule has 1 aliphatic rings. The summed E-state index contributed by atoms with van der Waals surface area (Å²) < 4.78 is 72.2. The molecule has 0 N–H and O–H groups in total. The molecule has 0 spiro atoms. The van der Waals surface area contributed by atoms with E-state index in [4.69, 9.17) is 0 Å². The molecule has 0 aromatic heterocycles. The van der Waals surface area contributed by atoms with Gasteiger partial charge in [0.25, 0.3) is 0 Å². The van der Waals surface area contributed by atoms with Gasteiger partial charge in [0, 0.05) is 30.4 Å². The van der Waals surface area contributed by atoms with Crippen molar-refractivity contribution in [2.75, 3.05) is 11.9 Å². The quantitative estimate of drug-likeness (QED) is 0.237. The molecule has 2 aromatic rings. The second kappa shape index (κ2) is 12.4. The fourth-order valence-electron chi connectivity index (χ4n) is 5.84. The zero-order valence-corrected chi connectivity index (χ0v) is 30.5. The fourth-order valence-corrected chi connectivity index (χ4v) is 7.91. The first-order chi connectivity index (χ1) is 16.7. The summed E-state index contributed by atoms with van der Waals surface area (Å²) in [5.41, 5.74) is 5.46. The van der Waals surface area contributed by atoms with Gasteiger partial charge in [0.2, 0.25) is 0 Å². The van der Waals surface area contributed by atoms with Gasteiger partial charge in [0.15, 0.2) is 5.78 Å². The minimum atomic E-state index is -4.73. The van der Waals surface area contributed by atoms with Gasteiger partial charge >= 0.3 is 59.1 Å². The van der Waals surface area contributed by atoms with Crippen LogP contribution in [-0.2, 0) is 25.0 Å². The third-order valence-electron chi connectivity index (χ3n) is 8.14. The van der Waals surface area contributed by atoms with Crippen LogP contribution in [0.25, 0.3) is 5.57 Å². The Morgan fingerprint density at radius 2 is 1.05 bits per heavy atom. The molecule has 0 fully saturated rings. The molecule has 1 aliphatic carbocycles. The largest absolute Gasteiger partial charge is 1.00 e. The van der Waals surface area contributed by atoms with E-state index in [2.05, 4.69) is 0 Å². The van der Waals surface area contributed by atoms with E-state index in [0.29, 0.717) is 61.3 Å². The molecule has 0 radical (unpaired) electrons. The first-order valence-corrected chi connectivity index (χ1v) is 14.7. The summed E-state index contributed by atoms with van der Waals surface area (Å²) in [5.74, 6) is -0.887. The van der Waals surface area contributed by atoms with Crippen LogP contribution in [0.2, 0.25) is 0 Å². The molecule has 2 atom stereocenters. The maximum absolute atomic E-state index is 13.6. The Kier molecular flexibility index (Phi) is 11.6. The molecule has 0 amide bonds. The van der Waals surface area contributed by atoms with Crippen LogP contribution in [0, 0.1) is 54.4 Å². The average Bonchev–Trinajstić information content (AvgIpc) is 2.75. The van der Waals surface area contributed by atoms with Crippen LogP contribution in [0.4, 0.5) is 5.69 Å². The molecule has 202 valence electrons. The zero-order chi connectivity index (χ0) is 28.5. The van der Waals surface area contributed by atoms with Crippen molar-refractivity contribution >= 4 is 37.3 Å². The normalized spacial score (nSPS) is 18.4. The van der Waals surface area contributed by atoms with E-state index in [-0.39, 0.29) is 80.6 Å². The minimum absolute atomic E-state index is 0. The maximum atomic E-state index is 13.6. The molecule has 8 nitrogen and oxygen atoms in total. The van der Waals surface area contributed by atoms with Gasteiger partial charge in [-0.15, -0.1) is 0 Å². The Morgan fingerprint density at radius 3 is 1.46 bits per heavy atom. The number of hydrogen-bond donors (Lipinski definition) is 0. The molecule has 0 saturated carbocycles. The number of anilines is 1. The van der Waals surface area contributed by atoms with Crippen molar-refractivity contribution in [2.45, 2.75) is 78.0 Å². The van der Waals surface area contributed by atoms with Crippen LogP contribution < -0.4 is 64.0 Å². The molecule has 39 heavy (non-hydrogen) atoms. The molecule has 0 aliphatic heterocycles. The predicted molar refractivity (Wildman–Crippen MR) is 141 cm³/mol. The van der Waals surface area contributed by atoms with Crippen molar-refractivity contribution in [3.8, 4) is 0 Å². The van der Waals surface area contributed by atoms with Gasteiger partial charge in [-0.2, -0.15) is 0 Å². The van der Waals surface area contributed by atoms with Gasteiger partial charge < -0.3 is 14.0 Å². The molecular weight excluding hydrogens is 560 g/mol. The second-order valence-electron chi connectivity index (χ2n) is 10.2. The smallest absolute Gasteiger partial charge is 0.744 e. The number of carbonyl (C=O) groups excluding carboxylic acids is 1. The Labute approximate surface area is 276 Å².